The van der Waals surface area contributed by atoms with E-state index in [0.29, 0.717) is 0 Å². The van der Waals surface area contributed by atoms with Crippen LogP contribution < -0.4 is 5.32 Å². The summed E-state index contributed by atoms with van der Waals surface area (Å²) in [5.74, 6) is 0.872. The number of hydrogen-bond donors (Lipinski definition) is 2. The third-order valence-corrected chi connectivity index (χ3v) is 3.76. The smallest absolute Gasteiger partial charge is 0.104 e. The summed E-state index contributed by atoms with van der Waals surface area (Å²) in [4.78, 5) is 8.16. The lowest BCUT2D eigenvalue weighted by Crippen LogP contribution is -2.05. The van der Waals surface area contributed by atoms with Gasteiger partial charge in [-0.2, -0.15) is 0 Å². The molecule has 1 aromatic heterocycles. The summed E-state index contributed by atoms with van der Waals surface area (Å²) in [5.41, 5.74) is 5.12. The highest BCUT2D eigenvalue weighted by Gasteiger charge is 2.19. The first kappa shape index (κ1) is 14.0. The Labute approximate surface area is 133 Å². The number of H-pyrrole nitrogens is 1. The van der Waals surface area contributed by atoms with E-state index < -0.39 is 0 Å². The molecule has 0 atom stereocenters. The molecule has 106 valence electrons. The predicted octanol–water partition coefficient (Wildman–Crippen LogP) is 5.39. The fourth-order valence-electron chi connectivity index (χ4n) is 2.66. The molecule has 0 amide bonds. The van der Waals surface area contributed by atoms with Crippen LogP contribution in [0.1, 0.15) is 6.92 Å². The molecule has 3 nitrogen and oxygen atoms in total. The first-order valence-corrected chi connectivity index (χ1v) is 6.83. The van der Waals surface area contributed by atoms with Crippen LogP contribution in [0.5, 0.6) is 0 Å². The van der Waals surface area contributed by atoms with Crippen molar-refractivity contribution in [2.24, 2.45) is 4.99 Å². The number of amidine groups is 1. The molecule has 2 aromatic carbocycles. The van der Waals surface area contributed by atoms with Crippen LogP contribution in [0.2, 0.25) is 5.02 Å². The first-order chi connectivity index (χ1) is 9.72. The minimum absolute atomic E-state index is 0. The average molecular weight is 318 g/mol. The Balaban J connectivity index is 0.00000132. The van der Waals surface area contributed by atoms with Crippen molar-refractivity contribution in [2.75, 3.05) is 5.32 Å². The molecule has 21 heavy (non-hydrogen) atoms. The van der Waals surface area contributed by atoms with Crippen molar-refractivity contribution < 1.29 is 0 Å². The second kappa shape index (κ2) is 5.10. The van der Waals surface area contributed by atoms with Gasteiger partial charge in [-0.25, -0.2) is 4.99 Å². The number of benzene rings is 2. The van der Waals surface area contributed by atoms with Crippen LogP contribution in [0.3, 0.4) is 0 Å². The van der Waals surface area contributed by atoms with Crippen molar-refractivity contribution in [2.45, 2.75) is 6.92 Å². The zero-order valence-electron chi connectivity index (χ0n) is 11.3. The largest absolute Gasteiger partial charge is 0.353 e. The van der Waals surface area contributed by atoms with Crippen LogP contribution in [-0.2, 0) is 0 Å². The number of halogens is 2. The molecule has 4 rings (SSSR count). The lowest BCUT2D eigenvalue weighted by molar-refractivity contribution is 1.44. The number of hydrogen-bond acceptors (Lipinski definition) is 2. The van der Waals surface area contributed by atoms with Crippen LogP contribution in [0, 0.1) is 0 Å². The highest BCUT2D eigenvalue weighted by Crippen LogP contribution is 2.42. The van der Waals surface area contributed by atoms with Gasteiger partial charge in [-0.1, -0.05) is 29.8 Å². The Morgan fingerprint density at radius 3 is 2.76 bits per heavy atom. The Kier molecular flexibility index (Phi) is 3.40. The zero-order chi connectivity index (χ0) is 13.7. The standard InChI is InChI=1S/C16H12ClN3.ClH/c1-9-18-14-7-6-10(17)8-12(14)16-15(19-9)11-4-2-3-5-13(11)20-16;/h2-8,20H,1H3,(H,18,19);1H. The molecule has 2 heterocycles. The second-order valence-corrected chi connectivity index (χ2v) is 5.34. The molecule has 0 saturated carbocycles. The zero-order valence-corrected chi connectivity index (χ0v) is 12.8. The van der Waals surface area contributed by atoms with Crippen LogP contribution in [0.4, 0.5) is 11.4 Å². The van der Waals surface area contributed by atoms with Gasteiger partial charge in [-0.15, -0.1) is 12.4 Å². The number of aliphatic imine (C=N–C) groups is 1. The van der Waals surface area contributed by atoms with Gasteiger partial charge >= 0.3 is 0 Å². The summed E-state index contributed by atoms with van der Waals surface area (Å²) < 4.78 is 0. The number of nitrogens with one attached hydrogen (secondary N) is 2. The van der Waals surface area contributed by atoms with Crippen molar-refractivity contribution in [3.63, 3.8) is 0 Å². The van der Waals surface area contributed by atoms with Crippen molar-refractivity contribution >= 4 is 52.1 Å². The van der Waals surface area contributed by atoms with Crippen molar-refractivity contribution in [3.8, 4) is 11.3 Å². The van der Waals surface area contributed by atoms with E-state index in [1.807, 2.05) is 37.3 Å². The van der Waals surface area contributed by atoms with Crippen LogP contribution in [-0.4, -0.2) is 10.8 Å². The molecule has 0 saturated heterocycles. The molecular formula is C16H13Cl2N3. The molecule has 0 unspecified atom stereocenters. The van der Waals surface area contributed by atoms with Gasteiger partial charge in [0.25, 0.3) is 0 Å². The lowest BCUT2D eigenvalue weighted by atomic mass is 10.1. The van der Waals surface area contributed by atoms with E-state index in [1.165, 1.54) is 0 Å². The summed E-state index contributed by atoms with van der Waals surface area (Å²) in [6, 6.07) is 14.0. The van der Waals surface area contributed by atoms with Gasteiger partial charge in [0.15, 0.2) is 0 Å². The summed E-state index contributed by atoms with van der Waals surface area (Å²) in [6.07, 6.45) is 0. The second-order valence-electron chi connectivity index (χ2n) is 4.91. The molecule has 0 fully saturated rings. The van der Waals surface area contributed by atoms with Crippen molar-refractivity contribution in [3.05, 3.63) is 47.5 Å². The average Bonchev–Trinajstić information content (AvgIpc) is 2.73. The molecule has 1 aliphatic rings. The molecule has 3 aromatic rings. The Morgan fingerprint density at radius 2 is 1.90 bits per heavy atom. The van der Waals surface area contributed by atoms with Gasteiger partial charge < -0.3 is 10.3 Å². The molecule has 0 spiro atoms. The van der Waals surface area contributed by atoms with Gasteiger partial charge in [-0.05, 0) is 31.2 Å². The van der Waals surface area contributed by atoms with Gasteiger partial charge in [0.05, 0.1) is 11.4 Å². The number of aromatic nitrogens is 1. The number of anilines is 1. The van der Waals surface area contributed by atoms with Crippen LogP contribution in [0.25, 0.3) is 22.2 Å². The van der Waals surface area contributed by atoms with E-state index in [-0.39, 0.29) is 12.4 Å². The van der Waals surface area contributed by atoms with E-state index >= 15 is 0 Å². The molecule has 0 bridgehead atoms. The maximum atomic E-state index is 6.15. The summed E-state index contributed by atoms with van der Waals surface area (Å²) in [7, 11) is 0. The highest BCUT2D eigenvalue weighted by molar-refractivity contribution is 6.31. The number of rotatable bonds is 0. The molecule has 0 aliphatic carbocycles. The topological polar surface area (TPSA) is 40.2 Å². The minimum atomic E-state index is 0. The predicted molar refractivity (Wildman–Crippen MR) is 92.4 cm³/mol. The number of para-hydroxylation sites is 1. The maximum Gasteiger partial charge on any atom is 0.104 e. The number of nitrogens with zero attached hydrogens (tertiary/aromatic N) is 1. The quantitative estimate of drug-likeness (QED) is 0.573. The summed E-state index contributed by atoms with van der Waals surface area (Å²) in [5, 5.41) is 5.16. The lowest BCUT2D eigenvalue weighted by Gasteiger charge is -2.08. The minimum Gasteiger partial charge on any atom is -0.353 e. The SMILES string of the molecule is CC1=Nc2c([nH]c3ccccc23)-c2cc(Cl)ccc2N1.Cl. The van der Waals surface area contributed by atoms with Gasteiger partial charge in [-0.3, -0.25) is 0 Å². The number of fused-ring (bicyclic) bond motifs is 5. The van der Waals surface area contributed by atoms with E-state index in [9.17, 15) is 0 Å². The normalized spacial score (nSPS) is 12.6. The molecule has 1 aliphatic heterocycles. The maximum absolute atomic E-state index is 6.15. The Morgan fingerprint density at radius 1 is 1.10 bits per heavy atom. The summed E-state index contributed by atoms with van der Waals surface area (Å²) in [6.45, 7) is 1.97. The molecule has 5 heteroatoms. The third-order valence-electron chi connectivity index (χ3n) is 3.52. The molecule has 0 radical (unpaired) electrons. The highest BCUT2D eigenvalue weighted by atomic mass is 35.5. The van der Waals surface area contributed by atoms with Crippen LogP contribution >= 0.6 is 24.0 Å². The van der Waals surface area contributed by atoms with Crippen LogP contribution in [0.15, 0.2) is 47.5 Å². The molecule has 2 N–H and O–H groups in total. The van der Waals surface area contributed by atoms with Gasteiger partial charge in [0.2, 0.25) is 0 Å². The molecular weight excluding hydrogens is 305 g/mol. The van der Waals surface area contributed by atoms with Crippen molar-refractivity contribution in [1.82, 2.24) is 4.98 Å². The number of aromatic amines is 1. The van der Waals surface area contributed by atoms with Crippen molar-refractivity contribution in [1.29, 1.82) is 0 Å². The fraction of sp³-hybridized carbons (Fsp3) is 0.0625. The monoisotopic (exact) mass is 317 g/mol. The Hall–Kier alpha value is -1.97. The fourth-order valence-corrected chi connectivity index (χ4v) is 2.83. The summed E-state index contributed by atoms with van der Waals surface area (Å²) >= 11 is 6.15. The van der Waals surface area contributed by atoms with E-state index in [0.717, 1.165) is 44.4 Å². The van der Waals surface area contributed by atoms with E-state index in [4.69, 9.17) is 16.6 Å². The van der Waals surface area contributed by atoms with E-state index in [2.05, 4.69) is 22.4 Å². The van der Waals surface area contributed by atoms with Gasteiger partial charge in [0.1, 0.15) is 5.84 Å². The van der Waals surface area contributed by atoms with Gasteiger partial charge in [0, 0.05) is 27.2 Å². The Bertz CT molecular complexity index is 865. The van der Waals surface area contributed by atoms with E-state index in [1.54, 1.807) is 0 Å². The first-order valence-electron chi connectivity index (χ1n) is 6.45. The third kappa shape index (κ3) is 2.19.